The molecule has 0 radical (unpaired) electrons. The second-order valence-electron chi connectivity index (χ2n) is 7.48. The molecule has 1 heterocycles. The van der Waals surface area contributed by atoms with Crippen LogP contribution in [0, 0.1) is 5.82 Å². The van der Waals surface area contributed by atoms with E-state index in [1.165, 1.54) is 24.3 Å². The van der Waals surface area contributed by atoms with Gasteiger partial charge >= 0.3 is 0 Å². The van der Waals surface area contributed by atoms with Gasteiger partial charge in [0.15, 0.2) is 0 Å². The molecule has 10 heteroatoms. The number of anilines is 2. The lowest BCUT2D eigenvalue weighted by molar-refractivity contribution is -0.116. The summed E-state index contributed by atoms with van der Waals surface area (Å²) in [4.78, 5) is 14.1. The molecule has 2 atom stereocenters. The van der Waals surface area contributed by atoms with Crippen LogP contribution in [-0.4, -0.2) is 46.2 Å². The summed E-state index contributed by atoms with van der Waals surface area (Å²) in [6.07, 6.45) is -0.113. The van der Waals surface area contributed by atoms with Crippen molar-refractivity contribution in [1.29, 1.82) is 0 Å². The highest BCUT2D eigenvalue weighted by molar-refractivity contribution is 7.89. The number of ether oxygens (including phenoxy) is 1. The van der Waals surface area contributed by atoms with Crippen LogP contribution in [0.2, 0.25) is 5.02 Å². The van der Waals surface area contributed by atoms with Crippen LogP contribution in [0.5, 0.6) is 0 Å². The quantitative estimate of drug-likeness (QED) is 0.649. The van der Waals surface area contributed by atoms with E-state index in [9.17, 15) is 17.6 Å². The Bertz CT molecular complexity index is 1040. The summed E-state index contributed by atoms with van der Waals surface area (Å²) in [5, 5.41) is 2.89. The lowest BCUT2D eigenvalue weighted by Gasteiger charge is -2.37. The van der Waals surface area contributed by atoms with Crippen LogP contribution >= 0.6 is 11.6 Å². The van der Waals surface area contributed by atoms with E-state index in [1.54, 1.807) is 18.2 Å². The molecule has 2 unspecified atom stereocenters. The predicted molar refractivity (Wildman–Crippen MR) is 119 cm³/mol. The Morgan fingerprint density at radius 2 is 1.90 bits per heavy atom. The molecule has 1 fully saturated rings. The lowest BCUT2D eigenvalue weighted by Crippen LogP contribution is -2.45. The Hall–Kier alpha value is -2.20. The van der Waals surface area contributed by atoms with Crippen LogP contribution in [0.1, 0.15) is 20.3 Å². The highest BCUT2D eigenvalue weighted by Gasteiger charge is 2.24. The number of nitrogens with one attached hydrogen (secondary N) is 2. The molecule has 0 aromatic heterocycles. The zero-order chi connectivity index (χ0) is 22.6. The summed E-state index contributed by atoms with van der Waals surface area (Å²) < 4.78 is 47.1. The summed E-state index contributed by atoms with van der Waals surface area (Å²) in [7, 11) is -3.78. The van der Waals surface area contributed by atoms with Crippen LogP contribution in [-0.2, 0) is 19.6 Å². The van der Waals surface area contributed by atoms with Gasteiger partial charge in [-0.2, -0.15) is 0 Å². The van der Waals surface area contributed by atoms with Gasteiger partial charge in [-0.05, 0) is 50.2 Å². The van der Waals surface area contributed by atoms with Crippen molar-refractivity contribution in [1.82, 2.24) is 4.72 Å². The maximum Gasteiger partial charge on any atom is 0.240 e. The number of amides is 1. The monoisotopic (exact) mass is 469 g/mol. The molecule has 0 aliphatic carbocycles. The smallest absolute Gasteiger partial charge is 0.240 e. The molecule has 1 aliphatic rings. The maximum absolute atomic E-state index is 14.6. The summed E-state index contributed by atoms with van der Waals surface area (Å²) >= 11 is 5.82. The molecule has 2 aromatic rings. The number of rotatable bonds is 7. The van der Waals surface area contributed by atoms with Gasteiger partial charge in [0.05, 0.1) is 22.8 Å². The first kappa shape index (κ1) is 23.5. The van der Waals surface area contributed by atoms with E-state index in [0.29, 0.717) is 29.5 Å². The molecule has 168 valence electrons. The minimum Gasteiger partial charge on any atom is -0.372 e. The van der Waals surface area contributed by atoms with E-state index >= 15 is 0 Å². The molecule has 2 N–H and O–H groups in total. The van der Waals surface area contributed by atoms with E-state index in [-0.39, 0.29) is 30.1 Å². The molecule has 1 amide bonds. The van der Waals surface area contributed by atoms with Gasteiger partial charge in [0.25, 0.3) is 0 Å². The Labute approximate surface area is 186 Å². The molecular formula is C21H25ClFN3O4S. The number of hydrogen-bond donors (Lipinski definition) is 2. The molecule has 7 nitrogen and oxygen atoms in total. The predicted octanol–water partition coefficient (Wildman–Crippen LogP) is 3.40. The number of morpholine rings is 1. The number of carbonyl (C=O) groups is 1. The molecule has 0 saturated carbocycles. The third kappa shape index (κ3) is 6.39. The van der Waals surface area contributed by atoms with Gasteiger partial charge < -0.3 is 15.0 Å². The standard InChI is InChI=1S/C21H25ClFN3O4S/c1-14-12-26(13-15(2)30-14)20-7-6-17(11-19(20)23)25-21(27)8-9-24-31(28,29)18-5-3-4-16(22)10-18/h3-7,10-11,14-15,24H,8-9,12-13H2,1-2H3,(H,25,27). The molecule has 0 bridgehead atoms. The third-order valence-electron chi connectivity index (χ3n) is 4.74. The van der Waals surface area contributed by atoms with Crippen LogP contribution in [0.4, 0.5) is 15.8 Å². The molecular weight excluding hydrogens is 445 g/mol. The van der Waals surface area contributed by atoms with E-state index < -0.39 is 21.7 Å². The largest absolute Gasteiger partial charge is 0.372 e. The number of carbonyl (C=O) groups excluding carboxylic acids is 1. The molecule has 2 aromatic carbocycles. The van der Waals surface area contributed by atoms with Crippen LogP contribution in [0.15, 0.2) is 47.4 Å². The summed E-state index contributed by atoms with van der Waals surface area (Å²) in [6, 6.07) is 10.3. The zero-order valence-electron chi connectivity index (χ0n) is 17.3. The Morgan fingerprint density at radius 1 is 1.19 bits per heavy atom. The number of benzene rings is 2. The normalized spacial score (nSPS) is 19.3. The molecule has 0 spiro atoms. The topological polar surface area (TPSA) is 87.7 Å². The van der Waals surface area contributed by atoms with Crippen molar-refractivity contribution >= 4 is 38.9 Å². The highest BCUT2D eigenvalue weighted by Crippen LogP contribution is 2.26. The van der Waals surface area contributed by atoms with Crippen LogP contribution < -0.4 is 14.9 Å². The summed E-state index contributed by atoms with van der Waals surface area (Å²) in [5.41, 5.74) is 0.757. The van der Waals surface area contributed by atoms with Gasteiger partial charge in [-0.1, -0.05) is 17.7 Å². The average molecular weight is 470 g/mol. The second-order valence-corrected chi connectivity index (χ2v) is 9.69. The first-order valence-corrected chi connectivity index (χ1v) is 11.7. The van der Waals surface area contributed by atoms with E-state index in [1.807, 2.05) is 18.7 Å². The van der Waals surface area contributed by atoms with Gasteiger partial charge in [0.1, 0.15) is 5.82 Å². The maximum atomic E-state index is 14.6. The zero-order valence-corrected chi connectivity index (χ0v) is 18.8. The molecule has 31 heavy (non-hydrogen) atoms. The molecule has 1 aliphatic heterocycles. The van der Waals surface area contributed by atoms with Crippen molar-refractivity contribution in [3.05, 3.63) is 53.3 Å². The molecule has 3 rings (SSSR count). The van der Waals surface area contributed by atoms with E-state index in [4.69, 9.17) is 16.3 Å². The minimum absolute atomic E-state index is 0.00165. The number of hydrogen-bond acceptors (Lipinski definition) is 5. The number of halogens is 2. The SMILES string of the molecule is CC1CN(c2ccc(NC(=O)CCNS(=O)(=O)c3cccc(Cl)c3)cc2F)CC(C)O1. The highest BCUT2D eigenvalue weighted by atomic mass is 35.5. The van der Waals surface area contributed by atoms with Gasteiger partial charge in [-0.25, -0.2) is 17.5 Å². The Morgan fingerprint density at radius 3 is 2.55 bits per heavy atom. The fraction of sp³-hybridized carbons (Fsp3) is 0.381. The first-order valence-electron chi connectivity index (χ1n) is 9.89. The minimum atomic E-state index is -3.78. The van der Waals surface area contributed by atoms with E-state index in [2.05, 4.69) is 10.0 Å². The fourth-order valence-corrected chi connectivity index (χ4v) is 4.79. The van der Waals surface area contributed by atoms with Crippen LogP contribution in [0.3, 0.4) is 0 Å². The van der Waals surface area contributed by atoms with Gasteiger partial charge in [0, 0.05) is 36.8 Å². The number of nitrogens with zero attached hydrogens (tertiary/aromatic N) is 1. The second kappa shape index (κ2) is 9.95. The first-order chi connectivity index (χ1) is 14.6. The van der Waals surface area contributed by atoms with Crippen molar-refractivity contribution < 1.29 is 22.3 Å². The summed E-state index contributed by atoms with van der Waals surface area (Å²) in [6.45, 7) is 4.94. The van der Waals surface area contributed by atoms with Crippen molar-refractivity contribution in [3.63, 3.8) is 0 Å². The van der Waals surface area contributed by atoms with Crippen molar-refractivity contribution in [2.75, 3.05) is 29.9 Å². The lowest BCUT2D eigenvalue weighted by atomic mass is 10.2. The summed E-state index contributed by atoms with van der Waals surface area (Å²) in [5.74, 6) is -0.879. The fourth-order valence-electron chi connectivity index (χ4n) is 3.46. The van der Waals surface area contributed by atoms with Crippen molar-refractivity contribution in [3.8, 4) is 0 Å². The Kier molecular flexibility index (Phi) is 7.53. The number of sulfonamides is 1. The van der Waals surface area contributed by atoms with E-state index in [0.717, 1.165) is 0 Å². The Balaban J connectivity index is 1.54. The molecule has 1 saturated heterocycles. The van der Waals surface area contributed by atoms with Crippen molar-refractivity contribution in [2.24, 2.45) is 0 Å². The average Bonchev–Trinajstić information content (AvgIpc) is 2.67. The van der Waals surface area contributed by atoms with Crippen molar-refractivity contribution in [2.45, 2.75) is 37.4 Å². The van der Waals surface area contributed by atoms with Gasteiger partial charge in [-0.3, -0.25) is 4.79 Å². The van der Waals surface area contributed by atoms with Crippen LogP contribution in [0.25, 0.3) is 0 Å². The van der Waals surface area contributed by atoms with Gasteiger partial charge in [0.2, 0.25) is 15.9 Å². The van der Waals surface area contributed by atoms with Gasteiger partial charge in [-0.15, -0.1) is 0 Å². The third-order valence-corrected chi connectivity index (χ3v) is 6.44.